The van der Waals surface area contributed by atoms with Gasteiger partial charge in [0.15, 0.2) is 0 Å². The number of benzene rings is 3. The van der Waals surface area contributed by atoms with Crippen molar-refractivity contribution in [1.82, 2.24) is 10.2 Å². The highest BCUT2D eigenvalue weighted by molar-refractivity contribution is 7.92. The minimum Gasteiger partial charge on any atom is -0.352 e. The maximum absolute atomic E-state index is 14.1. The van der Waals surface area contributed by atoms with E-state index in [0.29, 0.717) is 33.4 Å². The molecule has 0 heterocycles. The molecule has 7 nitrogen and oxygen atoms in total. The van der Waals surface area contributed by atoms with Gasteiger partial charge < -0.3 is 10.2 Å². The zero-order chi connectivity index (χ0) is 31.9. The van der Waals surface area contributed by atoms with Gasteiger partial charge in [-0.2, -0.15) is 13.2 Å². The van der Waals surface area contributed by atoms with Crippen LogP contribution < -0.4 is 9.62 Å². The summed E-state index contributed by atoms with van der Waals surface area (Å²) in [4.78, 5) is 29.0. The van der Waals surface area contributed by atoms with Gasteiger partial charge in [0.1, 0.15) is 12.6 Å². The molecule has 0 saturated carbocycles. The number of rotatable bonds is 12. The maximum atomic E-state index is 14.1. The van der Waals surface area contributed by atoms with Crippen molar-refractivity contribution in [1.29, 1.82) is 0 Å². The number of nitrogens with zero attached hydrogens (tertiary/aromatic N) is 2. The Bertz CT molecular complexity index is 1540. The quantitative estimate of drug-likeness (QED) is 0.247. The third kappa shape index (κ3) is 9.61. The molecule has 13 heteroatoms. The molecule has 0 aromatic heterocycles. The zero-order valence-electron chi connectivity index (χ0n) is 23.7. The van der Waals surface area contributed by atoms with Crippen LogP contribution in [-0.4, -0.2) is 50.0 Å². The fourth-order valence-corrected chi connectivity index (χ4v) is 5.64. The van der Waals surface area contributed by atoms with Crippen LogP contribution in [0.4, 0.5) is 18.9 Å². The van der Waals surface area contributed by atoms with Crippen LogP contribution >= 0.6 is 23.2 Å². The number of hydrogen-bond donors (Lipinski definition) is 1. The Morgan fingerprint density at radius 3 is 2.19 bits per heavy atom. The molecule has 0 radical (unpaired) electrons. The molecule has 43 heavy (non-hydrogen) atoms. The smallest absolute Gasteiger partial charge is 0.352 e. The van der Waals surface area contributed by atoms with Gasteiger partial charge in [0, 0.05) is 24.0 Å². The number of carbonyl (C=O) groups excluding carboxylic acids is 2. The lowest BCUT2D eigenvalue weighted by molar-refractivity contribution is -0.140. The molecule has 0 aliphatic rings. The molecule has 2 amide bonds. The first-order chi connectivity index (χ1) is 20.1. The van der Waals surface area contributed by atoms with E-state index in [1.807, 2.05) is 13.8 Å². The Hall–Kier alpha value is -3.28. The topological polar surface area (TPSA) is 86.8 Å². The highest BCUT2D eigenvalue weighted by atomic mass is 35.5. The van der Waals surface area contributed by atoms with Gasteiger partial charge in [-0.25, -0.2) is 8.42 Å². The van der Waals surface area contributed by atoms with Gasteiger partial charge in [0.25, 0.3) is 0 Å². The summed E-state index contributed by atoms with van der Waals surface area (Å²) in [6.07, 6.45) is -3.34. The van der Waals surface area contributed by atoms with Crippen molar-refractivity contribution in [2.45, 2.75) is 51.5 Å². The average molecular weight is 659 g/mol. The molecule has 3 aromatic rings. The summed E-state index contributed by atoms with van der Waals surface area (Å²) >= 11 is 12.4. The van der Waals surface area contributed by atoms with E-state index in [-0.39, 0.29) is 24.0 Å². The van der Waals surface area contributed by atoms with Crippen LogP contribution in [0, 0.1) is 0 Å². The Balaban J connectivity index is 2.12. The highest BCUT2D eigenvalue weighted by Gasteiger charge is 2.36. The molecule has 1 N–H and O–H groups in total. The number of alkyl halides is 3. The van der Waals surface area contributed by atoms with E-state index in [0.717, 1.165) is 17.9 Å². The molecular weight excluding hydrogens is 626 g/mol. The first-order valence-electron chi connectivity index (χ1n) is 13.3. The number of hydrogen-bond acceptors (Lipinski definition) is 4. The molecule has 0 fully saturated rings. The highest BCUT2D eigenvalue weighted by Crippen LogP contribution is 2.36. The monoisotopic (exact) mass is 657 g/mol. The van der Waals surface area contributed by atoms with E-state index < -0.39 is 51.9 Å². The Morgan fingerprint density at radius 1 is 0.953 bits per heavy atom. The molecule has 232 valence electrons. The van der Waals surface area contributed by atoms with Crippen LogP contribution in [0.15, 0.2) is 72.8 Å². The second-order valence-corrected chi connectivity index (χ2v) is 12.9. The lowest BCUT2D eigenvalue weighted by Crippen LogP contribution is -2.54. The Morgan fingerprint density at radius 2 is 1.60 bits per heavy atom. The first-order valence-corrected chi connectivity index (χ1v) is 15.9. The second-order valence-electron chi connectivity index (χ2n) is 10.1. The summed E-state index contributed by atoms with van der Waals surface area (Å²) in [6, 6.07) is 16.4. The molecule has 2 unspecified atom stereocenters. The van der Waals surface area contributed by atoms with E-state index in [1.54, 1.807) is 54.6 Å². The van der Waals surface area contributed by atoms with E-state index in [4.69, 9.17) is 23.2 Å². The number of anilines is 1. The van der Waals surface area contributed by atoms with Crippen molar-refractivity contribution in [3.05, 3.63) is 99.5 Å². The summed E-state index contributed by atoms with van der Waals surface area (Å²) in [5.74, 6) is -1.31. The molecule has 0 saturated heterocycles. The minimum atomic E-state index is -4.79. The lowest BCUT2D eigenvalue weighted by atomic mass is 10.0. The predicted molar refractivity (Wildman–Crippen MR) is 162 cm³/mol. The zero-order valence-corrected chi connectivity index (χ0v) is 26.1. The lowest BCUT2D eigenvalue weighted by Gasteiger charge is -2.34. The second kappa shape index (κ2) is 14.5. The molecular formula is C30H32Cl2F3N3O4S. The number of amides is 2. The van der Waals surface area contributed by atoms with Gasteiger partial charge in [-0.15, -0.1) is 0 Å². The molecule has 0 aliphatic heterocycles. The minimum absolute atomic E-state index is 0.0819. The molecule has 2 atom stereocenters. The predicted octanol–water partition coefficient (Wildman–Crippen LogP) is 6.33. The number of carbonyl (C=O) groups is 2. The van der Waals surface area contributed by atoms with Crippen LogP contribution in [0.5, 0.6) is 0 Å². The number of halogens is 5. The van der Waals surface area contributed by atoms with E-state index in [9.17, 15) is 31.2 Å². The molecule has 0 spiro atoms. The average Bonchev–Trinajstić information content (AvgIpc) is 2.93. The Kier molecular flexibility index (Phi) is 11.5. The SMILES string of the molecule is CCC(C)NC(=O)C(Cc1ccccc1)N(Cc1cccc(Cl)c1)C(=O)CN(c1cc(C(F)(F)F)ccc1Cl)S(C)(=O)=O. The van der Waals surface area contributed by atoms with Crippen molar-refractivity contribution in [3.8, 4) is 0 Å². The van der Waals surface area contributed by atoms with Crippen LogP contribution in [0.1, 0.15) is 37.0 Å². The van der Waals surface area contributed by atoms with Gasteiger partial charge >= 0.3 is 6.18 Å². The van der Waals surface area contributed by atoms with Gasteiger partial charge in [-0.05, 0) is 54.8 Å². The van der Waals surface area contributed by atoms with Crippen LogP contribution in [0.2, 0.25) is 10.0 Å². The third-order valence-electron chi connectivity index (χ3n) is 6.74. The Labute approximate surface area is 259 Å². The summed E-state index contributed by atoms with van der Waals surface area (Å²) in [7, 11) is -4.33. The maximum Gasteiger partial charge on any atom is 0.416 e. The van der Waals surface area contributed by atoms with Crippen molar-refractivity contribution < 1.29 is 31.2 Å². The molecule has 3 rings (SSSR count). The normalized spacial score (nSPS) is 13.2. The fraction of sp³-hybridized carbons (Fsp3) is 0.333. The van der Waals surface area contributed by atoms with Crippen LogP contribution in [0.3, 0.4) is 0 Å². The van der Waals surface area contributed by atoms with E-state index >= 15 is 0 Å². The van der Waals surface area contributed by atoms with Gasteiger partial charge in [0.2, 0.25) is 21.8 Å². The fourth-order valence-electron chi connectivity index (χ4n) is 4.30. The number of sulfonamides is 1. The number of nitrogens with one attached hydrogen (secondary N) is 1. The van der Waals surface area contributed by atoms with E-state index in [1.165, 1.54) is 4.90 Å². The van der Waals surface area contributed by atoms with Crippen molar-refractivity contribution in [3.63, 3.8) is 0 Å². The van der Waals surface area contributed by atoms with Gasteiger partial charge in [0.05, 0.1) is 22.5 Å². The molecule has 3 aromatic carbocycles. The van der Waals surface area contributed by atoms with Gasteiger partial charge in [-0.3, -0.25) is 13.9 Å². The summed E-state index contributed by atoms with van der Waals surface area (Å²) in [6.45, 7) is 2.64. The third-order valence-corrected chi connectivity index (χ3v) is 8.42. The summed E-state index contributed by atoms with van der Waals surface area (Å²) < 4.78 is 66.9. The largest absolute Gasteiger partial charge is 0.416 e. The van der Waals surface area contributed by atoms with Crippen molar-refractivity contribution >= 4 is 50.7 Å². The van der Waals surface area contributed by atoms with Crippen LogP contribution in [-0.2, 0) is 38.8 Å². The summed E-state index contributed by atoms with van der Waals surface area (Å²) in [5, 5.41) is 2.97. The van der Waals surface area contributed by atoms with Crippen LogP contribution in [0.25, 0.3) is 0 Å². The molecule has 0 bridgehead atoms. The van der Waals surface area contributed by atoms with Gasteiger partial charge in [-0.1, -0.05) is 72.6 Å². The van der Waals surface area contributed by atoms with Crippen molar-refractivity contribution in [2.75, 3.05) is 17.1 Å². The van der Waals surface area contributed by atoms with Crippen molar-refractivity contribution in [2.24, 2.45) is 0 Å². The summed E-state index contributed by atoms with van der Waals surface area (Å²) in [5.41, 5.74) is -0.368. The standard InChI is InChI=1S/C30H32Cl2F3N3O4S/c1-4-20(2)36-29(40)27(16-21-9-6-5-7-10-21)37(18-22-11-8-12-24(31)15-22)28(39)19-38(43(3,41)42)26-17-23(30(33,34)35)13-14-25(26)32/h5-15,17,20,27H,4,16,18-19H2,1-3H3,(H,36,40). The molecule has 0 aliphatic carbocycles. The van der Waals surface area contributed by atoms with E-state index in [2.05, 4.69) is 5.32 Å². The first kappa shape index (κ1) is 34.2.